The van der Waals surface area contributed by atoms with Crippen LogP contribution in [0.1, 0.15) is 20.3 Å². The number of nitrogens with one attached hydrogen (secondary N) is 1. The number of nitrogen functional groups attached to an aromatic ring is 1. The Bertz CT molecular complexity index is 294. The molecule has 78 valence electrons. The van der Waals surface area contributed by atoms with Crippen molar-refractivity contribution in [2.24, 2.45) is 0 Å². The summed E-state index contributed by atoms with van der Waals surface area (Å²) in [5.41, 5.74) is 5.81. The molecule has 1 heterocycles. The summed E-state index contributed by atoms with van der Waals surface area (Å²) in [6, 6.07) is 3.62. The van der Waals surface area contributed by atoms with Crippen LogP contribution in [-0.2, 0) is 0 Å². The Kier molecular flexibility index (Phi) is 3.30. The quantitative estimate of drug-likeness (QED) is 0.676. The molecule has 0 fully saturated rings. The van der Waals surface area contributed by atoms with Gasteiger partial charge >= 0.3 is 0 Å². The summed E-state index contributed by atoms with van der Waals surface area (Å²) in [6.07, 6.45) is 2.34. The van der Waals surface area contributed by atoms with E-state index in [1.165, 1.54) is 0 Å². The molecule has 0 saturated heterocycles. The maximum atomic E-state index is 9.47. The molecule has 0 bridgehead atoms. The maximum Gasteiger partial charge on any atom is 0.125 e. The van der Waals surface area contributed by atoms with E-state index in [-0.39, 0.29) is 0 Å². The predicted molar refractivity (Wildman–Crippen MR) is 58.1 cm³/mol. The Balaban J connectivity index is 2.39. The van der Waals surface area contributed by atoms with Crippen LogP contribution in [0.5, 0.6) is 0 Å². The van der Waals surface area contributed by atoms with Crippen molar-refractivity contribution >= 4 is 11.5 Å². The number of nitrogens with zero attached hydrogens (tertiary/aromatic N) is 1. The van der Waals surface area contributed by atoms with Crippen molar-refractivity contribution in [3.8, 4) is 0 Å². The minimum Gasteiger partial charge on any atom is -0.390 e. The lowest BCUT2D eigenvalue weighted by Crippen LogP contribution is -2.22. The number of aromatic nitrogens is 1. The average Bonchev–Trinajstić information content (AvgIpc) is 2.01. The standard InChI is InChI=1S/C10H17N3O/c1-10(2,14)4-6-12-8-3-5-13-9(11)7-8/h3,5,7,14H,4,6H2,1-2H3,(H3,11,12,13). The molecule has 1 rings (SSSR count). The van der Waals surface area contributed by atoms with Crippen molar-refractivity contribution < 1.29 is 5.11 Å². The van der Waals surface area contributed by atoms with Crippen LogP contribution in [0.4, 0.5) is 11.5 Å². The van der Waals surface area contributed by atoms with Crippen molar-refractivity contribution in [2.75, 3.05) is 17.6 Å². The number of aliphatic hydroxyl groups is 1. The van der Waals surface area contributed by atoms with Gasteiger partial charge in [0.1, 0.15) is 5.82 Å². The van der Waals surface area contributed by atoms with E-state index in [1.54, 1.807) is 26.1 Å². The van der Waals surface area contributed by atoms with Crippen molar-refractivity contribution in [2.45, 2.75) is 25.9 Å². The zero-order valence-corrected chi connectivity index (χ0v) is 8.62. The molecule has 0 aliphatic rings. The molecule has 1 aromatic rings. The number of anilines is 2. The van der Waals surface area contributed by atoms with Crippen molar-refractivity contribution in [3.05, 3.63) is 18.3 Å². The Morgan fingerprint density at radius 2 is 2.29 bits per heavy atom. The summed E-state index contributed by atoms with van der Waals surface area (Å²) in [5, 5.41) is 12.6. The van der Waals surface area contributed by atoms with Crippen LogP contribution in [0, 0.1) is 0 Å². The van der Waals surface area contributed by atoms with Crippen molar-refractivity contribution in [3.63, 3.8) is 0 Å². The molecule has 0 aliphatic heterocycles. The molecule has 4 heteroatoms. The minimum atomic E-state index is -0.633. The van der Waals surface area contributed by atoms with E-state index in [2.05, 4.69) is 10.3 Å². The molecule has 0 saturated carbocycles. The molecular weight excluding hydrogens is 178 g/mol. The van der Waals surface area contributed by atoms with Gasteiger partial charge in [-0.25, -0.2) is 4.98 Å². The number of pyridine rings is 1. The van der Waals surface area contributed by atoms with Gasteiger partial charge in [-0.1, -0.05) is 0 Å². The van der Waals surface area contributed by atoms with E-state index < -0.39 is 5.60 Å². The van der Waals surface area contributed by atoms with Gasteiger partial charge in [0.15, 0.2) is 0 Å². The summed E-state index contributed by atoms with van der Waals surface area (Å²) in [6.45, 7) is 4.29. The fourth-order valence-electron chi connectivity index (χ4n) is 1.07. The van der Waals surface area contributed by atoms with E-state index in [0.717, 1.165) is 5.69 Å². The Morgan fingerprint density at radius 1 is 1.57 bits per heavy atom. The zero-order chi connectivity index (χ0) is 10.6. The Labute approximate surface area is 84.2 Å². The summed E-state index contributed by atoms with van der Waals surface area (Å²) in [5.74, 6) is 0.498. The van der Waals surface area contributed by atoms with Gasteiger partial charge in [-0.3, -0.25) is 0 Å². The number of hydrogen-bond acceptors (Lipinski definition) is 4. The van der Waals surface area contributed by atoms with Gasteiger partial charge in [-0.2, -0.15) is 0 Å². The smallest absolute Gasteiger partial charge is 0.125 e. The SMILES string of the molecule is CC(C)(O)CCNc1ccnc(N)c1. The largest absolute Gasteiger partial charge is 0.390 e. The first-order valence-electron chi connectivity index (χ1n) is 4.65. The maximum absolute atomic E-state index is 9.47. The summed E-state index contributed by atoms with van der Waals surface area (Å²) in [7, 11) is 0. The Hall–Kier alpha value is -1.29. The molecule has 14 heavy (non-hydrogen) atoms. The third-order valence-electron chi connectivity index (χ3n) is 1.85. The van der Waals surface area contributed by atoms with Gasteiger partial charge in [0.25, 0.3) is 0 Å². The molecule has 0 radical (unpaired) electrons. The number of rotatable bonds is 4. The van der Waals surface area contributed by atoms with Crippen LogP contribution in [0.2, 0.25) is 0 Å². The van der Waals surface area contributed by atoms with Gasteiger partial charge in [0, 0.05) is 24.5 Å². The zero-order valence-electron chi connectivity index (χ0n) is 8.62. The van der Waals surface area contributed by atoms with Crippen molar-refractivity contribution in [1.29, 1.82) is 0 Å². The minimum absolute atomic E-state index is 0.498. The third-order valence-corrected chi connectivity index (χ3v) is 1.85. The molecule has 0 aromatic carbocycles. The van der Waals surface area contributed by atoms with Gasteiger partial charge < -0.3 is 16.2 Å². The second kappa shape index (κ2) is 4.28. The third kappa shape index (κ3) is 4.09. The van der Waals surface area contributed by atoms with E-state index in [4.69, 9.17) is 5.73 Å². The fraction of sp³-hybridized carbons (Fsp3) is 0.500. The highest BCUT2D eigenvalue weighted by molar-refractivity contribution is 5.49. The van der Waals surface area contributed by atoms with Crippen LogP contribution < -0.4 is 11.1 Å². The molecule has 0 aliphatic carbocycles. The second-order valence-corrected chi connectivity index (χ2v) is 3.96. The van der Waals surface area contributed by atoms with E-state index in [1.807, 2.05) is 6.07 Å². The monoisotopic (exact) mass is 195 g/mol. The van der Waals surface area contributed by atoms with Crippen LogP contribution >= 0.6 is 0 Å². The topological polar surface area (TPSA) is 71.2 Å². The lowest BCUT2D eigenvalue weighted by molar-refractivity contribution is 0.0749. The normalized spacial score (nSPS) is 11.4. The molecule has 0 amide bonds. The molecule has 4 nitrogen and oxygen atoms in total. The van der Waals surface area contributed by atoms with Crippen LogP contribution in [0.25, 0.3) is 0 Å². The molecule has 1 aromatic heterocycles. The molecule has 4 N–H and O–H groups in total. The van der Waals surface area contributed by atoms with E-state index in [9.17, 15) is 5.11 Å². The van der Waals surface area contributed by atoms with E-state index in [0.29, 0.717) is 18.8 Å². The highest BCUT2D eigenvalue weighted by atomic mass is 16.3. The van der Waals surface area contributed by atoms with Gasteiger partial charge in [-0.05, 0) is 26.3 Å². The van der Waals surface area contributed by atoms with E-state index >= 15 is 0 Å². The lowest BCUT2D eigenvalue weighted by atomic mass is 10.1. The van der Waals surface area contributed by atoms with Gasteiger partial charge in [0.05, 0.1) is 5.60 Å². The molecule has 0 unspecified atom stereocenters. The highest BCUT2D eigenvalue weighted by Crippen LogP contribution is 2.11. The lowest BCUT2D eigenvalue weighted by Gasteiger charge is -2.17. The van der Waals surface area contributed by atoms with Gasteiger partial charge in [-0.15, -0.1) is 0 Å². The van der Waals surface area contributed by atoms with Crippen LogP contribution in [-0.4, -0.2) is 22.2 Å². The van der Waals surface area contributed by atoms with Gasteiger partial charge in [0.2, 0.25) is 0 Å². The fourth-order valence-corrected chi connectivity index (χ4v) is 1.07. The first-order valence-corrected chi connectivity index (χ1v) is 4.65. The predicted octanol–water partition coefficient (Wildman–Crippen LogP) is 1.24. The van der Waals surface area contributed by atoms with Crippen molar-refractivity contribution in [1.82, 2.24) is 4.98 Å². The first-order chi connectivity index (χ1) is 6.47. The van der Waals surface area contributed by atoms with Crippen LogP contribution in [0.15, 0.2) is 18.3 Å². The summed E-state index contributed by atoms with van der Waals surface area (Å²) >= 11 is 0. The number of nitrogens with two attached hydrogens (primary N) is 1. The Morgan fingerprint density at radius 3 is 2.86 bits per heavy atom. The highest BCUT2D eigenvalue weighted by Gasteiger charge is 2.10. The average molecular weight is 195 g/mol. The summed E-state index contributed by atoms with van der Waals surface area (Å²) in [4.78, 5) is 3.89. The molecule has 0 atom stereocenters. The number of hydrogen-bond donors (Lipinski definition) is 3. The second-order valence-electron chi connectivity index (χ2n) is 3.96. The van der Waals surface area contributed by atoms with Crippen LogP contribution in [0.3, 0.4) is 0 Å². The first kappa shape index (κ1) is 10.8. The summed E-state index contributed by atoms with van der Waals surface area (Å²) < 4.78 is 0. The molecular formula is C10H17N3O. The molecule has 0 spiro atoms.